The number of carbonyl (C=O) groups excluding carboxylic acids is 4. The Labute approximate surface area is 406 Å². The zero-order valence-corrected chi connectivity index (χ0v) is 38.2. The minimum Gasteiger partial charge on any atom is -0.333 e. The molecular formula is C64H46N2O4. The molecule has 0 saturated carbocycles. The van der Waals surface area contributed by atoms with Gasteiger partial charge in [0.25, 0.3) is 0 Å². The van der Waals surface area contributed by atoms with Crippen LogP contribution in [0.4, 0.5) is 11.4 Å². The van der Waals surface area contributed by atoms with Crippen molar-refractivity contribution in [2.45, 2.75) is 31.2 Å². The second-order valence-electron chi connectivity index (χ2n) is 18.7. The topological polar surface area (TPSA) is 76.5 Å². The van der Waals surface area contributed by atoms with Crippen LogP contribution in [0.3, 0.4) is 0 Å². The van der Waals surface area contributed by atoms with Crippen LogP contribution < -0.4 is 4.90 Å². The Morgan fingerprint density at radius 1 is 0.529 bits per heavy atom. The number of anilines is 2. The van der Waals surface area contributed by atoms with E-state index in [-0.39, 0.29) is 17.9 Å². The minimum atomic E-state index is 0.0971. The molecule has 0 spiro atoms. The number of aldehydes is 4. The second-order valence-corrected chi connectivity index (χ2v) is 18.7. The Hall–Kier alpha value is -8.74. The van der Waals surface area contributed by atoms with Crippen LogP contribution in [-0.4, -0.2) is 35.8 Å². The zero-order chi connectivity index (χ0) is 47.3. The summed E-state index contributed by atoms with van der Waals surface area (Å²) in [5, 5.41) is 1.16. The van der Waals surface area contributed by atoms with Crippen LogP contribution in [0.2, 0.25) is 0 Å². The van der Waals surface area contributed by atoms with Gasteiger partial charge in [-0.2, -0.15) is 0 Å². The molecule has 0 fully saturated rings. The number of nitrogens with zero attached hydrogens (tertiary/aromatic N) is 2. The Kier molecular flexibility index (Phi) is 10.8. The predicted molar refractivity (Wildman–Crippen MR) is 282 cm³/mol. The lowest BCUT2D eigenvalue weighted by Gasteiger charge is -2.31. The first-order valence-electron chi connectivity index (χ1n) is 23.9. The fraction of sp³-hybridized carbons (Fsp3) is 0.0938. The first-order chi connectivity index (χ1) is 34.5. The Bertz CT molecular complexity index is 3620. The first kappa shape index (κ1) is 42.6. The van der Waals surface area contributed by atoms with Gasteiger partial charge in [-0.15, -0.1) is 0 Å². The van der Waals surface area contributed by atoms with Crippen LogP contribution in [0, 0.1) is 5.92 Å². The summed E-state index contributed by atoms with van der Waals surface area (Å²) in [4.78, 5) is 49.4. The summed E-state index contributed by atoms with van der Waals surface area (Å²) in [5.41, 5.74) is 20.7. The van der Waals surface area contributed by atoms with Crippen LogP contribution in [0.5, 0.6) is 0 Å². The van der Waals surface area contributed by atoms with Crippen molar-refractivity contribution in [2.75, 3.05) is 4.90 Å². The standard InChI is InChI=1S/C64H46N2O4/c67-37-41-5-1-9-47(29-41)51-17-25-61-57(33-51)58-34-52(48-10-2-6-42(30-48)38-68)18-26-62(58)65(61)55-21-13-45(14-22-55)46-15-23-56(24-16-46)66-63-27-19-53(49-11-3-7-43(31-49)39-69)35-59(63)60-36-54(20-28-64(60)66)50-12-4-8-44(32-50)40-70/h1-27,29-31,33,35-40,50,52,64H,28,32,34H2. The van der Waals surface area contributed by atoms with Crippen molar-refractivity contribution >= 4 is 59.1 Å². The summed E-state index contributed by atoms with van der Waals surface area (Å²) in [6, 6.07) is 54.4. The molecule has 3 aliphatic carbocycles. The third-order valence-electron chi connectivity index (χ3n) is 14.6. The highest BCUT2D eigenvalue weighted by atomic mass is 16.1. The number of hydrogen-bond acceptors (Lipinski definition) is 5. The molecule has 336 valence electrons. The van der Waals surface area contributed by atoms with Crippen LogP contribution in [0.1, 0.15) is 72.2 Å². The number of carbonyl (C=O) groups is 4. The fourth-order valence-electron chi connectivity index (χ4n) is 11.1. The van der Waals surface area contributed by atoms with E-state index in [0.29, 0.717) is 23.1 Å². The molecule has 0 amide bonds. The van der Waals surface area contributed by atoms with Crippen LogP contribution in [0.25, 0.3) is 61.6 Å². The van der Waals surface area contributed by atoms with Crippen molar-refractivity contribution in [3.8, 4) is 39.1 Å². The maximum absolute atomic E-state index is 11.8. The number of aromatic nitrogens is 1. The third kappa shape index (κ3) is 7.55. The molecule has 70 heavy (non-hydrogen) atoms. The van der Waals surface area contributed by atoms with Gasteiger partial charge >= 0.3 is 0 Å². The summed E-state index contributed by atoms with van der Waals surface area (Å²) in [6.07, 6.45) is 21.3. The van der Waals surface area contributed by atoms with Gasteiger partial charge in [0, 0.05) is 62.2 Å². The van der Waals surface area contributed by atoms with E-state index in [1.54, 1.807) is 0 Å². The summed E-state index contributed by atoms with van der Waals surface area (Å²) in [5.74, 6) is 0.255. The predicted octanol–water partition coefficient (Wildman–Crippen LogP) is 14.4. The Balaban J connectivity index is 0.875. The third-order valence-corrected chi connectivity index (χ3v) is 14.6. The van der Waals surface area contributed by atoms with Crippen LogP contribution in [0.15, 0.2) is 205 Å². The summed E-state index contributed by atoms with van der Waals surface area (Å²) in [7, 11) is 0. The Morgan fingerprint density at radius 2 is 1.16 bits per heavy atom. The quantitative estimate of drug-likeness (QED) is 0.121. The molecule has 2 heterocycles. The van der Waals surface area contributed by atoms with Crippen molar-refractivity contribution in [3.63, 3.8) is 0 Å². The lowest BCUT2D eigenvalue weighted by atomic mass is 9.82. The molecule has 1 aliphatic heterocycles. The SMILES string of the molecule is O=CC1=CC=CC(C2=CCC3C(=C2)c2cc(-c4cccc(C=O)c4)ccc2N3c2ccc(-c3ccc(-n4c5c(c6cc(-c7cccc(C=O)c7)ccc64)CC(c4cccc(C=O)c4)C=C5)cc3)cc2)C1. The van der Waals surface area contributed by atoms with Crippen LogP contribution in [-0.2, 0) is 11.2 Å². The van der Waals surface area contributed by atoms with Gasteiger partial charge in [0.15, 0.2) is 0 Å². The average Bonchev–Trinajstić information content (AvgIpc) is 3.94. The highest BCUT2D eigenvalue weighted by Crippen LogP contribution is 2.50. The van der Waals surface area contributed by atoms with E-state index >= 15 is 0 Å². The van der Waals surface area contributed by atoms with E-state index in [0.717, 1.165) is 116 Å². The lowest BCUT2D eigenvalue weighted by Crippen LogP contribution is -2.28. The zero-order valence-electron chi connectivity index (χ0n) is 38.2. The van der Waals surface area contributed by atoms with E-state index in [2.05, 4.69) is 137 Å². The summed E-state index contributed by atoms with van der Waals surface area (Å²) >= 11 is 0. The molecule has 12 rings (SSSR count). The molecule has 3 atom stereocenters. The van der Waals surface area contributed by atoms with Gasteiger partial charge < -0.3 is 9.47 Å². The van der Waals surface area contributed by atoms with Crippen molar-refractivity contribution in [1.82, 2.24) is 4.57 Å². The molecule has 8 aromatic rings. The number of allylic oxidation sites excluding steroid dienone is 7. The van der Waals surface area contributed by atoms with E-state index in [9.17, 15) is 19.2 Å². The van der Waals surface area contributed by atoms with Crippen molar-refractivity contribution < 1.29 is 19.2 Å². The molecule has 3 unspecified atom stereocenters. The van der Waals surface area contributed by atoms with Gasteiger partial charge in [0.2, 0.25) is 0 Å². The van der Waals surface area contributed by atoms with Crippen molar-refractivity contribution in [1.29, 1.82) is 0 Å². The molecule has 0 saturated heterocycles. The van der Waals surface area contributed by atoms with Gasteiger partial charge in [-0.1, -0.05) is 127 Å². The number of fused-ring (bicyclic) bond motifs is 6. The van der Waals surface area contributed by atoms with Crippen LogP contribution >= 0.6 is 0 Å². The van der Waals surface area contributed by atoms with Crippen molar-refractivity contribution in [3.05, 3.63) is 244 Å². The largest absolute Gasteiger partial charge is 0.333 e. The molecule has 1 aromatic heterocycles. The van der Waals surface area contributed by atoms with E-state index in [1.165, 1.54) is 22.3 Å². The van der Waals surface area contributed by atoms with Gasteiger partial charge in [-0.05, 0) is 153 Å². The molecule has 0 bridgehead atoms. The van der Waals surface area contributed by atoms with Gasteiger partial charge in [0.1, 0.15) is 25.1 Å². The molecule has 7 aromatic carbocycles. The summed E-state index contributed by atoms with van der Waals surface area (Å²) in [6.45, 7) is 0. The lowest BCUT2D eigenvalue weighted by molar-refractivity contribution is -0.105. The van der Waals surface area contributed by atoms with E-state index < -0.39 is 0 Å². The molecule has 0 N–H and O–H groups in total. The second kappa shape index (κ2) is 17.7. The molecule has 6 heteroatoms. The smallest absolute Gasteiger partial charge is 0.150 e. The van der Waals surface area contributed by atoms with Crippen molar-refractivity contribution in [2.24, 2.45) is 5.92 Å². The first-order valence-corrected chi connectivity index (χ1v) is 23.9. The monoisotopic (exact) mass is 906 g/mol. The maximum atomic E-state index is 11.8. The van der Waals surface area contributed by atoms with Gasteiger partial charge in [-0.3, -0.25) is 19.2 Å². The molecular weight excluding hydrogens is 861 g/mol. The average molecular weight is 907 g/mol. The van der Waals surface area contributed by atoms with Gasteiger partial charge in [-0.25, -0.2) is 0 Å². The molecule has 0 radical (unpaired) electrons. The fourth-order valence-corrected chi connectivity index (χ4v) is 11.1. The number of rotatable bonds is 11. The molecule has 4 aliphatic rings. The highest BCUT2D eigenvalue weighted by Gasteiger charge is 2.37. The molecule has 6 nitrogen and oxygen atoms in total. The Morgan fingerprint density at radius 3 is 1.86 bits per heavy atom. The van der Waals surface area contributed by atoms with E-state index in [1.807, 2.05) is 72.8 Å². The number of hydrogen-bond donors (Lipinski definition) is 0. The highest BCUT2D eigenvalue weighted by molar-refractivity contribution is 5.97. The minimum absolute atomic E-state index is 0.0971. The summed E-state index contributed by atoms with van der Waals surface area (Å²) < 4.78 is 2.35. The number of benzene rings is 7. The normalized spacial score (nSPS) is 17.7. The van der Waals surface area contributed by atoms with E-state index in [4.69, 9.17) is 0 Å². The van der Waals surface area contributed by atoms with Gasteiger partial charge in [0.05, 0.1) is 11.6 Å². The maximum Gasteiger partial charge on any atom is 0.150 e.